The highest BCUT2D eigenvalue weighted by atomic mass is 19.2. The smallest absolute Gasteiger partial charge is 0.196 e. The fourth-order valence-corrected chi connectivity index (χ4v) is 4.82. The predicted molar refractivity (Wildman–Crippen MR) is 118 cm³/mol. The van der Waals surface area contributed by atoms with Crippen molar-refractivity contribution in [3.05, 3.63) is 23.0 Å². The van der Waals surface area contributed by atoms with E-state index < -0.39 is 11.7 Å². The normalized spacial score (nSPS) is 30.1. The Morgan fingerprint density at radius 3 is 2.20 bits per heavy atom. The van der Waals surface area contributed by atoms with Crippen molar-refractivity contribution >= 4 is 0 Å². The number of rotatable bonds is 7. The summed E-state index contributed by atoms with van der Waals surface area (Å²) in [6.07, 6.45) is 12.3. The molecule has 3 rings (SSSR count). The van der Waals surface area contributed by atoms with Crippen molar-refractivity contribution in [3.63, 3.8) is 0 Å². The first-order valence-electron chi connectivity index (χ1n) is 12.1. The van der Waals surface area contributed by atoms with Gasteiger partial charge in [-0.2, -0.15) is 0 Å². The van der Waals surface area contributed by atoms with Gasteiger partial charge in [-0.05, 0) is 49.5 Å². The molecule has 0 spiro atoms. The molecular weight excluding hydrogens is 386 g/mol. The third-order valence-corrected chi connectivity index (χ3v) is 6.52. The molecule has 174 valence electrons. The van der Waals surface area contributed by atoms with E-state index in [-0.39, 0.29) is 18.5 Å². The van der Waals surface area contributed by atoms with Gasteiger partial charge in [-0.25, -0.2) is 8.78 Å². The Hall–Kier alpha value is -0.940. The Morgan fingerprint density at radius 2 is 1.63 bits per heavy atom. The maximum absolute atomic E-state index is 14.1. The van der Waals surface area contributed by atoms with Gasteiger partial charge < -0.3 is 14.2 Å². The number of ether oxygens (including phenoxy) is 3. The lowest BCUT2D eigenvalue weighted by atomic mass is 9.76. The van der Waals surface area contributed by atoms with Crippen LogP contribution in [0.5, 0.6) is 0 Å². The molecule has 30 heavy (non-hydrogen) atoms. The van der Waals surface area contributed by atoms with E-state index in [4.69, 9.17) is 14.2 Å². The molecule has 0 aromatic heterocycles. The van der Waals surface area contributed by atoms with Crippen LogP contribution in [-0.2, 0) is 14.2 Å². The van der Waals surface area contributed by atoms with Crippen molar-refractivity contribution in [1.82, 2.24) is 0 Å². The molecule has 2 unspecified atom stereocenters. The van der Waals surface area contributed by atoms with Crippen molar-refractivity contribution in [2.24, 2.45) is 11.8 Å². The highest BCUT2D eigenvalue weighted by Crippen LogP contribution is 2.37. The average Bonchev–Trinajstić information content (AvgIpc) is 2.77. The van der Waals surface area contributed by atoms with Crippen LogP contribution < -0.4 is 0 Å². The van der Waals surface area contributed by atoms with Crippen molar-refractivity contribution in [2.45, 2.75) is 104 Å². The molecule has 0 N–H and O–H groups in total. The second-order valence-corrected chi connectivity index (χ2v) is 9.02. The van der Waals surface area contributed by atoms with Gasteiger partial charge in [-0.3, -0.25) is 0 Å². The molecule has 0 bridgehead atoms. The van der Waals surface area contributed by atoms with Crippen LogP contribution in [0, 0.1) is 11.8 Å². The average molecular weight is 429 g/mol. The Kier molecular flexibility index (Phi) is 11.4. The van der Waals surface area contributed by atoms with Crippen LogP contribution in [0.4, 0.5) is 8.78 Å². The number of allylic oxidation sites excluding steroid dienone is 3. The molecule has 2 fully saturated rings. The highest BCUT2D eigenvalue weighted by molar-refractivity contribution is 5.32. The molecular formula is C25H42F2O3. The minimum Gasteiger partial charge on any atom is -0.498 e. The molecule has 0 amide bonds. The fourth-order valence-electron chi connectivity index (χ4n) is 4.82. The van der Waals surface area contributed by atoms with Crippen LogP contribution in [0.25, 0.3) is 0 Å². The van der Waals surface area contributed by atoms with Gasteiger partial charge in [-0.1, -0.05) is 52.9 Å². The predicted octanol–water partition coefficient (Wildman–Crippen LogP) is 7.42. The summed E-state index contributed by atoms with van der Waals surface area (Å²) in [7, 11) is 1.37. The Labute approximate surface area is 182 Å². The van der Waals surface area contributed by atoms with Gasteiger partial charge >= 0.3 is 0 Å². The number of hydrogen-bond donors (Lipinski definition) is 0. The van der Waals surface area contributed by atoms with Crippen LogP contribution >= 0.6 is 0 Å². The second kappa shape index (κ2) is 13.5. The zero-order valence-corrected chi connectivity index (χ0v) is 19.5. The molecule has 5 heteroatoms. The summed E-state index contributed by atoms with van der Waals surface area (Å²) in [5.74, 6) is 0.00758. The highest BCUT2D eigenvalue weighted by Gasteiger charge is 2.32. The van der Waals surface area contributed by atoms with E-state index in [9.17, 15) is 8.78 Å². The molecule has 1 aliphatic heterocycles. The molecule has 3 nitrogen and oxygen atoms in total. The number of methoxy groups -OCH3 is 1. The van der Waals surface area contributed by atoms with E-state index in [1.54, 1.807) is 0 Å². The Morgan fingerprint density at radius 1 is 0.933 bits per heavy atom. The van der Waals surface area contributed by atoms with Gasteiger partial charge in [0, 0.05) is 6.42 Å². The van der Waals surface area contributed by atoms with Crippen molar-refractivity contribution in [1.29, 1.82) is 0 Å². The molecule has 0 aromatic carbocycles. The fraction of sp³-hybridized carbons (Fsp3) is 0.840. The summed E-state index contributed by atoms with van der Waals surface area (Å²) < 4.78 is 44.7. The maximum atomic E-state index is 14.1. The molecule has 0 radical (unpaired) electrons. The lowest BCUT2D eigenvalue weighted by molar-refractivity contribution is -0.105. The van der Waals surface area contributed by atoms with E-state index >= 15 is 0 Å². The minimum absolute atomic E-state index is 0.0196. The number of hydrogen-bond acceptors (Lipinski definition) is 3. The molecule has 0 aromatic rings. The van der Waals surface area contributed by atoms with Gasteiger partial charge in [0.15, 0.2) is 11.7 Å². The first-order valence-corrected chi connectivity index (χ1v) is 12.1. The van der Waals surface area contributed by atoms with Crippen LogP contribution in [0.15, 0.2) is 23.0 Å². The van der Waals surface area contributed by atoms with Crippen molar-refractivity contribution in [2.75, 3.05) is 20.3 Å². The molecule has 2 atom stereocenters. The van der Waals surface area contributed by atoms with Crippen molar-refractivity contribution in [3.8, 4) is 0 Å². The van der Waals surface area contributed by atoms with Gasteiger partial charge in [0.1, 0.15) is 5.76 Å². The zero-order valence-electron chi connectivity index (χ0n) is 19.5. The second-order valence-electron chi connectivity index (χ2n) is 9.02. The van der Waals surface area contributed by atoms with Gasteiger partial charge in [0.05, 0.1) is 32.5 Å². The van der Waals surface area contributed by atoms with Crippen LogP contribution in [0.3, 0.4) is 0 Å². The van der Waals surface area contributed by atoms with E-state index in [1.807, 2.05) is 0 Å². The largest absolute Gasteiger partial charge is 0.498 e. The summed E-state index contributed by atoms with van der Waals surface area (Å²) in [5, 5.41) is 0. The van der Waals surface area contributed by atoms with Gasteiger partial charge in [-0.15, -0.1) is 0 Å². The van der Waals surface area contributed by atoms with Gasteiger partial charge in [0.2, 0.25) is 0 Å². The maximum Gasteiger partial charge on any atom is 0.196 e. The van der Waals surface area contributed by atoms with Crippen molar-refractivity contribution < 1.29 is 23.0 Å². The van der Waals surface area contributed by atoms with E-state index in [1.165, 1.54) is 52.1 Å². The monoisotopic (exact) mass is 428 g/mol. The lowest BCUT2D eigenvalue weighted by Gasteiger charge is -2.37. The molecule has 3 aliphatic rings. The summed E-state index contributed by atoms with van der Waals surface area (Å²) in [5.41, 5.74) is 0.393. The minimum atomic E-state index is -0.874. The summed E-state index contributed by atoms with van der Waals surface area (Å²) in [6, 6.07) is 0. The quantitative estimate of drug-likeness (QED) is 0.422. The molecule has 1 saturated heterocycles. The number of halogens is 2. The van der Waals surface area contributed by atoms with Gasteiger partial charge in [0.25, 0.3) is 0 Å². The van der Waals surface area contributed by atoms with Crippen LogP contribution in [-0.4, -0.2) is 32.5 Å². The van der Waals surface area contributed by atoms with Crippen LogP contribution in [0.1, 0.15) is 91.4 Å². The first kappa shape index (κ1) is 25.3. The first-order chi connectivity index (χ1) is 14.5. The molecule has 1 heterocycles. The summed E-state index contributed by atoms with van der Waals surface area (Å²) >= 11 is 0. The Balaban J connectivity index is 0.00000101. The zero-order chi connectivity index (χ0) is 21.9. The molecule has 2 aliphatic carbocycles. The Bertz CT molecular complexity index is 557. The van der Waals surface area contributed by atoms with E-state index in [0.29, 0.717) is 37.0 Å². The van der Waals surface area contributed by atoms with E-state index in [2.05, 4.69) is 20.8 Å². The SMILES string of the molecule is CCC.CCCC1CCC(C2CCC(OCC3=C(F)C(F)=C(OC)CC3)CO2)CC1. The standard InChI is InChI=1S/C22H34F2O3.C3H8/c1-3-4-15-5-7-16(8-6-15)19-12-10-18(14-27-19)26-13-17-9-11-20(25-2)22(24)21(17)23;1-3-2/h15-16,18-19H,3-14H2,1-2H3;3H2,1-2H3. The third kappa shape index (κ3) is 7.33. The summed E-state index contributed by atoms with van der Waals surface area (Å²) in [6.45, 7) is 7.22. The summed E-state index contributed by atoms with van der Waals surface area (Å²) in [4.78, 5) is 0. The van der Waals surface area contributed by atoms with E-state index in [0.717, 1.165) is 18.8 Å². The molecule has 1 saturated carbocycles. The lowest BCUT2D eigenvalue weighted by Crippen LogP contribution is -2.37. The third-order valence-electron chi connectivity index (χ3n) is 6.52. The van der Waals surface area contributed by atoms with Crippen LogP contribution in [0.2, 0.25) is 0 Å². The topological polar surface area (TPSA) is 27.7 Å².